The molecule has 0 radical (unpaired) electrons. The summed E-state index contributed by atoms with van der Waals surface area (Å²) in [6.45, 7) is 3.71. The first kappa shape index (κ1) is 18.9. The number of hydrogen-bond acceptors (Lipinski definition) is 7. The molecule has 1 fully saturated rings. The van der Waals surface area contributed by atoms with Crippen LogP contribution >= 0.6 is 0 Å². The maximum Gasteiger partial charge on any atom is 0.204 e. The van der Waals surface area contributed by atoms with E-state index in [0.717, 1.165) is 65.3 Å². The number of piperazine rings is 1. The minimum Gasteiger partial charge on any atom is -0.353 e. The molecule has 0 amide bonds. The lowest BCUT2D eigenvalue weighted by molar-refractivity contribution is 0.585. The molecule has 9 heteroatoms. The van der Waals surface area contributed by atoms with Crippen molar-refractivity contribution in [1.29, 1.82) is 0 Å². The molecule has 1 aliphatic rings. The second-order valence-corrected chi connectivity index (χ2v) is 8.07. The fraction of sp³-hybridized carbons (Fsp3) is 0.261. The van der Waals surface area contributed by atoms with Crippen LogP contribution in [-0.4, -0.2) is 61.3 Å². The van der Waals surface area contributed by atoms with Gasteiger partial charge in [-0.3, -0.25) is 0 Å². The van der Waals surface area contributed by atoms with Gasteiger partial charge in [-0.15, -0.1) is 10.2 Å². The van der Waals surface area contributed by atoms with Crippen LogP contribution in [0.4, 0.5) is 5.82 Å². The molecule has 0 spiro atoms. The minimum absolute atomic E-state index is 0.606. The van der Waals surface area contributed by atoms with E-state index in [0.29, 0.717) is 12.2 Å². The van der Waals surface area contributed by atoms with Crippen LogP contribution in [0.5, 0.6) is 0 Å². The number of benzene rings is 2. The number of aryl methyl sites for hydroxylation is 1. The Morgan fingerprint density at radius 1 is 1.00 bits per heavy atom. The summed E-state index contributed by atoms with van der Waals surface area (Å²) in [4.78, 5) is 17.3. The summed E-state index contributed by atoms with van der Waals surface area (Å²) in [5, 5.41) is 18.1. The van der Waals surface area contributed by atoms with Crippen molar-refractivity contribution in [2.24, 2.45) is 7.05 Å². The summed E-state index contributed by atoms with van der Waals surface area (Å²) in [7, 11) is 1.77. The fourth-order valence-electron chi connectivity index (χ4n) is 4.32. The highest BCUT2D eigenvalue weighted by Crippen LogP contribution is 2.34. The number of fused-ring (bicyclic) bond motifs is 3. The second-order valence-electron chi connectivity index (χ2n) is 8.07. The van der Waals surface area contributed by atoms with Crippen molar-refractivity contribution in [3.63, 3.8) is 0 Å². The van der Waals surface area contributed by atoms with Crippen molar-refractivity contribution in [3.8, 4) is 11.4 Å². The predicted octanol–water partition coefficient (Wildman–Crippen LogP) is 2.30. The minimum atomic E-state index is 0.606. The number of nitrogens with one attached hydrogen (secondary N) is 2. The van der Waals surface area contributed by atoms with Gasteiger partial charge in [-0.2, -0.15) is 4.80 Å². The van der Waals surface area contributed by atoms with E-state index in [1.54, 1.807) is 7.05 Å². The Balaban J connectivity index is 1.53. The zero-order valence-corrected chi connectivity index (χ0v) is 17.8. The molecule has 5 aromatic rings. The van der Waals surface area contributed by atoms with Crippen molar-refractivity contribution in [2.45, 2.75) is 6.42 Å². The number of aromatic amines is 1. The molecule has 0 aliphatic carbocycles. The number of aromatic nitrogens is 7. The van der Waals surface area contributed by atoms with E-state index in [-0.39, 0.29) is 0 Å². The molecule has 160 valence electrons. The van der Waals surface area contributed by atoms with Gasteiger partial charge in [-0.1, -0.05) is 30.3 Å². The van der Waals surface area contributed by atoms with E-state index in [9.17, 15) is 0 Å². The Hall–Kier alpha value is -3.85. The van der Waals surface area contributed by atoms with E-state index in [1.165, 1.54) is 10.4 Å². The van der Waals surface area contributed by atoms with E-state index in [2.05, 4.69) is 67.0 Å². The smallest absolute Gasteiger partial charge is 0.204 e. The van der Waals surface area contributed by atoms with E-state index >= 15 is 0 Å². The van der Waals surface area contributed by atoms with Gasteiger partial charge >= 0.3 is 0 Å². The van der Waals surface area contributed by atoms with Gasteiger partial charge in [0.05, 0.1) is 12.4 Å². The van der Waals surface area contributed by atoms with Gasteiger partial charge in [-0.25, -0.2) is 9.97 Å². The lowest BCUT2D eigenvalue weighted by Gasteiger charge is -2.29. The van der Waals surface area contributed by atoms with Gasteiger partial charge in [0.2, 0.25) is 5.82 Å². The molecule has 6 rings (SSSR count). The first-order valence-electron chi connectivity index (χ1n) is 10.8. The van der Waals surface area contributed by atoms with Gasteiger partial charge in [0.1, 0.15) is 17.3 Å². The number of rotatable bonds is 4. The fourth-order valence-corrected chi connectivity index (χ4v) is 4.32. The molecule has 2 N–H and O–H groups in total. The predicted molar refractivity (Wildman–Crippen MR) is 124 cm³/mol. The Morgan fingerprint density at radius 2 is 1.84 bits per heavy atom. The van der Waals surface area contributed by atoms with Crippen LogP contribution in [0.1, 0.15) is 11.4 Å². The third-order valence-corrected chi connectivity index (χ3v) is 5.87. The van der Waals surface area contributed by atoms with E-state index in [4.69, 9.17) is 9.97 Å². The molecule has 1 saturated heterocycles. The van der Waals surface area contributed by atoms with E-state index in [1.807, 2.05) is 12.1 Å². The Bertz CT molecular complexity index is 1400. The lowest BCUT2D eigenvalue weighted by Crippen LogP contribution is -2.44. The number of H-pyrrole nitrogens is 1. The Kier molecular flexibility index (Phi) is 4.53. The van der Waals surface area contributed by atoms with Gasteiger partial charge in [0, 0.05) is 49.1 Å². The third kappa shape index (κ3) is 3.36. The average Bonchev–Trinajstić information content (AvgIpc) is 3.42. The van der Waals surface area contributed by atoms with Gasteiger partial charge in [0.25, 0.3) is 0 Å². The number of anilines is 1. The lowest BCUT2D eigenvalue weighted by atomic mass is 10.1. The van der Waals surface area contributed by atoms with Crippen molar-refractivity contribution in [2.75, 3.05) is 31.1 Å². The van der Waals surface area contributed by atoms with Crippen LogP contribution in [0, 0.1) is 0 Å². The first-order valence-corrected chi connectivity index (χ1v) is 10.8. The molecule has 0 saturated carbocycles. The topological polar surface area (TPSA) is 100 Å². The van der Waals surface area contributed by atoms with Crippen LogP contribution in [0.3, 0.4) is 0 Å². The molecule has 32 heavy (non-hydrogen) atoms. The molecule has 2 aromatic carbocycles. The van der Waals surface area contributed by atoms with Crippen LogP contribution in [-0.2, 0) is 13.5 Å². The summed E-state index contributed by atoms with van der Waals surface area (Å²) >= 11 is 0. The first-order chi connectivity index (χ1) is 15.7. The van der Waals surface area contributed by atoms with Crippen molar-refractivity contribution in [1.82, 2.24) is 40.5 Å². The SMILES string of the molecule is Cn1nnc(-c2ccc3[nH]c4nc(Cc5ccccc5)nc(N5CCNCC5)c4c3c2)n1. The zero-order chi connectivity index (χ0) is 21.5. The molecule has 0 atom stereocenters. The number of nitrogens with zero attached hydrogens (tertiary/aromatic N) is 7. The molecule has 1 aliphatic heterocycles. The molecule has 9 nitrogen and oxygen atoms in total. The largest absolute Gasteiger partial charge is 0.353 e. The van der Waals surface area contributed by atoms with Crippen LogP contribution < -0.4 is 10.2 Å². The maximum atomic E-state index is 5.07. The standard InChI is InChI=1S/C23H23N9/c1-31-29-21(28-30-31)16-7-8-18-17(14-16)20-22(25-18)26-19(13-15-5-3-2-4-6-15)27-23(20)32-11-9-24-10-12-32/h2-8,14,24H,9-13H2,1H3,(H,25,26,27). The van der Waals surface area contributed by atoms with Gasteiger partial charge in [0.15, 0.2) is 0 Å². The van der Waals surface area contributed by atoms with E-state index < -0.39 is 0 Å². The van der Waals surface area contributed by atoms with Gasteiger partial charge < -0.3 is 15.2 Å². The maximum absolute atomic E-state index is 5.07. The molecule has 0 unspecified atom stereocenters. The highest BCUT2D eigenvalue weighted by atomic mass is 15.6. The Morgan fingerprint density at radius 3 is 2.62 bits per heavy atom. The number of hydrogen-bond donors (Lipinski definition) is 2. The molecular weight excluding hydrogens is 402 g/mol. The van der Waals surface area contributed by atoms with Crippen LogP contribution in [0.25, 0.3) is 33.3 Å². The van der Waals surface area contributed by atoms with Crippen LogP contribution in [0.2, 0.25) is 0 Å². The second kappa shape index (κ2) is 7.69. The highest BCUT2D eigenvalue weighted by Gasteiger charge is 2.21. The molecule has 4 heterocycles. The van der Waals surface area contributed by atoms with Crippen LogP contribution in [0.15, 0.2) is 48.5 Å². The van der Waals surface area contributed by atoms with Crippen molar-refractivity contribution < 1.29 is 0 Å². The summed E-state index contributed by atoms with van der Waals surface area (Å²) in [5.41, 5.74) is 4.00. The summed E-state index contributed by atoms with van der Waals surface area (Å²) < 4.78 is 0. The normalized spacial score (nSPS) is 14.5. The molecule has 3 aromatic heterocycles. The van der Waals surface area contributed by atoms with Crippen molar-refractivity contribution >= 4 is 27.8 Å². The summed E-state index contributed by atoms with van der Waals surface area (Å²) in [6.07, 6.45) is 0.694. The summed E-state index contributed by atoms with van der Waals surface area (Å²) in [5.74, 6) is 2.41. The number of tetrazole rings is 1. The van der Waals surface area contributed by atoms with Crippen molar-refractivity contribution in [3.05, 3.63) is 59.9 Å². The average molecular weight is 426 g/mol. The zero-order valence-electron chi connectivity index (χ0n) is 17.8. The highest BCUT2D eigenvalue weighted by molar-refractivity contribution is 6.12. The quantitative estimate of drug-likeness (QED) is 0.456. The monoisotopic (exact) mass is 425 g/mol. The molecular formula is C23H23N9. The van der Waals surface area contributed by atoms with Gasteiger partial charge in [-0.05, 0) is 29.0 Å². The Labute approximate surface area is 184 Å². The summed E-state index contributed by atoms with van der Waals surface area (Å²) in [6, 6.07) is 16.5. The molecule has 0 bridgehead atoms. The third-order valence-electron chi connectivity index (χ3n) is 5.87.